The predicted octanol–water partition coefficient (Wildman–Crippen LogP) is 6.65. The molecule has 0 aliphatic rings. The molecule has 0 fully saturated rings. The quantitative estimate of drug-likeness (QED) is 0.541. The molecular weight excluding hydrogens is 264 g/mol. The summed E-state index contributed by atoms with van der Waals surface area (Å²) in [5, 5.41) is 0. The van der Waals surface area contributed by atoms with Crippen molar-refractivity contribution >= 4 is 11.6 Å². The van der Waals surface area contributed by atoms with Gasteiger partial charge in [0.1, 0.15) is 0 Å². The van der Waals surface area contributed by atoms with E-state index in [2.05, 4.69) is 77.1 Å². The molecule has 0 saturated carbocycles. The van der Waals surface area contributed by atoms with Gasteiger partial charge in [0.25, 0.3) is 0 Å². The topological polar surface area (TPSA) is 0 Å². The fraction of sp³-hybridized carbons (Fsp3) is 0.364. The lowest BCUT2D eigenvalue weighted by Gasteiger charge is -2.16. The van der Waals surface area contributed by atoms with Gasteiger partial charge in [0.2, 0.25) is 0 Å². The number of unbranched alkanes of at least 4 members (excludes halogenated alkanes) is 1. The Balaban J connectivity index is 2.58. The minimum Gasteiger partial charge on any atom is -0.0654 e. The maximum Gasteiger partial charge on any atom is -0.0166 e. The average molecular weight is 292 g/mol. The summed E-state index contributed by atoms with van der Waals surface area (Å²) in [5.74, 6) is 0. The lowest BCUT2D eigenvalue weighted by atomic mass is 9.89. The van der Waals surface area contributed by atoms with Crippen molar-refractivity contribution in [2.75, 3.05) is 0 Å². The van der Waals surface area contributed by atoms with E-state index in [4.69, 9.17) is 0 Å². The van der Waals surface area contributed by atoms with Crippen molar-refractivity contribution in [1.29, 1.82) is 0 Å². The second-order valence-corrected chi connectivity index (χ2v) is 6.35. The van der Waals surface area contributed by atoms with Crippen LogP contribution in [-0.4, -0.2) is 0 Å². The molecule has 0 nitrogen and oxygen atoms in total. The summed E-state index contributed by atoms with van der Waals surface area (Å²) < 4.78 is 0. The monoisotopic (exact) mass is 292 g/mol. The van der Waals surface area contributed by atoms with E-state index in [0.717, 1.165) is 6.42 Å². The molecule has 0 aromatic heterocycles. The van der Waals surface area contributed by atoms with Crippen LogP contribution in [0.5, 0.6) is 0 Å². The first kappa shape index (κ1) is 16.5. The van der Waals surface area contributed by atoms with Crippen LogP contribution in [-0.2, 0) is 0 Å². The van der Waals surface area contributed by atoms with E-state index in [1.54, 1.807) is 0 Å². The van der Waals surface area contributed by atoms with Gasteiger partial charge in [-0.2, -0.15) is 0 Å². The van der Waals surface area contributed by atoms with Gasteiger partial charge in [0, 0.05) is 0 Å². The fourth-order valence-electron chi connectivity index (χ4n) is 3.19. The maximum atomic E-state index is 2.43. The second kappa shape index (κ2) is 7.45. The lowest BCUT2D eigenvalue weighted by molar-refractivity contribution is 0.824. The van der Waals surface area contributed by atoms with Gasteiger partial charge in [0.05, 0.1) is 0 Å². The van der Waals surface area contributed by atoms with Crippen molar-refractivity contribution in [3.05, 3.63) is 69.8 Å². The molecule has 0 aliphatic heterocycles. The molecule has 116 valence electrons. The van der Waals surface area contributed by atoms with Crippen molar-refractivity contribution in [1.82, 2.24) is 0 Å². The van der Waals surface area contributed by atoms with Crippen LogP contribution in [0.15, 0.2) is 36.4 Å². The normalized spacial score (nSPS) is 11.8. The van der Waals surface area contributed by atoms with Crippen LogP contribution in [0.2, 0.25) is 0 Å². The molecule has 0 bridgehead atoms. The van der Waals surface area contributed by atoms with Crippen molar-refractivity contribution in [2.24, 2.45) is 0 Å². The molecule has 0 heteroatoms. The highest BCUT2D eigenvalue weighted by molar-refractivity contribution is 5.85. The van der Waals surface area contributed by atoms with Gasteiger partial charge in [-0.05, 0) is 79.5 Å². The Morgan fingerprint density at radius 2 is 1.32 bits per heavy atom. The largest absolute Gasteiger partial charge is 0.0654 e. The number of benzene rings is 2. The van der Waals surface area contributed by atoms with Crippen molar-refractivity contribution < 1.29 is 0 Å². The Hall–Kier alpha value is -1.82. The third kappa shape index (κ3) is 3.68. The number of hydrogen-bond acceptors (Lipinski definition) is 0. The number of aryl methyl sites for hydroxylation is 4. The molecule has 22 heavy (non-hydrogen) atoms. The first-order valence-corrected chi connectivity index (χ1v) is 8.38. The predicted molar refractivity (Wildman–Crippen MR) is 99.2 cm³/mol. The van der Waals surface area contributed by atoms with Crippen LogP contribution < -0.4 is 0 Å². The number of hydrogen-bond donors (Lipinski definition) is 0. The van der Waals surface area contributed by atoms with E-state index in [1.807, 2.05) is 0 Å². The summed E-state index contributed by atoms with van der Waals surface area (Å²) in [6, 6.07) is 13.2. The highest BCUT2D eigenvalue weighted by Gasteiger charge is 2.10. The van der Waals surface area contributed by atoms with Crippen LogP contribution in [0.1, 0.15) is 59.6 Å². The Bertz CT molecular complexity index is 634. The van der Waals surface area contributed by atoms with Crippen LogP contribution in [0.3, 0.4) is 0 Å². The van der Waals surface area contributed by atoms with Gasteiger partial charge in [-0.3, -0.25) is 0 Å². The summed E-state index contributed by atoms with van der Waals surface area (Å²) in [4.78, 5) is 0. The molecule has 0 heterocycles. The molecule has 0 spiro atoms. The van der Waals surface area contributed by atoms with Gasteiger partial charge < -0.3 is 0 Å². The summed E-state index contributed by atoms with van der Waals surface area (Å²) in [7, 11) is 0. The third-order valence-corrected chi connectivity index (χ3v) is 4.46. The first-order valence-electron chi connectivity index (χ1n) is 8.38. The second-order valence-electron chi connectivity index (χ2n) is 6.35. The van der Waals surface area contributed by atoms with E-state index in [1.165, 1.54) is 51.8 Å². The average Bonchev–Trinajstić information content (AvgIpc) is 2.47. The molecule has 0 amide bonds. The molecule has 0 saturated heterocycles. The highest BCUT2D eigenvalue weighted by atomic mass is 14.1. The standard InChI is InChI=1S/C22H28/c1-6-7-14-20(22-18(4)12-9-13-19(22)5)15-21-16(2)10-8-11-17(21)3/h8-13,15H,6-7,14H2,1-5H3/b20-15-. The van der Waals surface area contributed by atoms with E-state index in [0.29, 0.717) is 0 Å². The molecule has 2 rings (SSSR count). The van der Waals surface area contributed by atoms with Crippen LogP contribution in [0.4, 0.5) is 0 Å². The zero-order valence-electron chi connectivity index (χ0n) is 14.7. The Morgan fingerprint density at radius 3 is 1.82 bits per heavy atom. The van der Waals surface area contributed by atoms with Crippen LogP contribution >= 0.6 is 0 Å². The molecule has 0 unspecified atom stereocenters. The Kier molecular flexibility index (Phi) is 5.60. The van der Waals surface area contributed by atoms with Crippen LogP contribution in [0, 0.1) is 27.7 Å². The number of rotatable bonds is 5. The minimum atomic E-state index is 1.15. The van der Waals surface area contributed by atoms with Gasteiger partial charge in [0.15, 0.2) is 0 Å². The van der Waals surface area contributed by atoms with Gasteiger partial charge >= 0.3 is 0 Å². The summed E-state index contributed by atoms with van der Waals surface area (Å²) in [6.07, 6.45) is 6.05. The molecule has 0 radical (unpaired) electrons. The van der Waals surface area contributed by atoms with E-state index in [-0.39, 0.29) is 0 Å². The minimum absolute atomic E-state index is 1.15. The molecule has 0 atom stereocenters. The lowest BCUT2D eigenvalue weighted by Crippen LogP contribution is -1.95. The number of allylic oxidation sites excluding steroid dienone is 1. The van der Waals surface area contributed by atoms with E-state index >= 15 is 0 Å². The third-order valence-electron chi connectivity index (χ3n) is 4.46. The maximum absolute atomic E-state index is 2.43. The molecular formula is C22H28. The first-order chi connectivity index (χ1) is 10.5. The zero-order valence-corrected chi connectivity index (χ0v) is 14.7. The van der Waals surface area contributed by atoms with Gasteiger partial charge in [-0.15, -0.1) is 0 Å². The molecule has 2 aromatic rings. The molecule has 0 aliphatic carbocycles. The fourth-order valence-corrected chi connectivity index (χ4v) is 3.19. The van der Waals surface area contributed by atoms with Crippen molar-refractivity contribution in [3.8, 4) is 0 Å². The van der Waals surface area contributed by atoms with Crippen molar-refractivity contribution in [2.45, 2.75) is 53.9 Å². The van der Waals surface area contributed by atoms with Gasteiger partial charge in [-0.25, -0.2) is 0 Å². The van der Waals surface area contributed by atoms with E-state index < -0.39 is 0 Å². The summed E-state index contributed by atoms with van der Waals surface area (Å²) >= 11 is 0. The van der Waals surface area contributed by atoms with E-state index in [9.17, 15) is 0 Å². The smallest absolute Gasteiger partial charge is 0.0166 e. The van der Waals surface area contributed by atoms with Gasteiger partial charge in [-0.1, -0.05) is 55.8 Å². The molecule has 0 N–H and O–H groups in total. The van der Waals surface area contributed by atoms with Crippen LogP contribution in [0.25, 0.3) is 11.6 Å². The SMILES string of the molecule is CCCC/C(=C/c1c(C)cccc1C)c1c(C)cccc1C. The Labute approximate surface area is 135 Å². The zero-order chi connectivity index (χ0) is 16.1. The highest BCUT2D eigenvalue weighted by Crippen LogP contribution is 2.30. The Morgan fingerprint density at radius 1 is 0.818 bits per heavy atom. The summed E-state index contributed by atoms with van der Waals surface area (Å²) in [5.41, 5.74) is 9.80. The van der Waals surface area contributed by atoms with Crippen molar-refractivity contribution in [3.63, 3.8) is 0 Å². The molecule has 2 aromatic carbocycles. The summed E-state index contributed by atoms with van der Waals surface area (Å²) in [6.45, 7) is 11.1.